The Labute approximate surface area is 162 Å². The van der Waals surface area contributed by atoms with E-state index in [1.54, 1.807) is 18.6 Å². The maximum absolute atomic E-state index is 13.3. The summed E-state index contributed by atoms with van der Waals surface area (Å²) >= 11 is 6.40. The van der Waals surface area contributed by atoms with E-state index in [9.17, 15) is 4.79 Å². The van der Waals surface area contributed by atoms with Crippen molar-refractivity contribution >= 4 is 29.4 Å². The van der Waals surface area contributed by atoms with Gasteiger partial charge in [-0.1, -0.05) is 29.8 Å². The largest absolute Gasteiger partial charge is 0.353 e. The molecule has 0 bridgehead atoms. The molecular formula is C20H18ClN5O. The molecule has 2 aromatic rings. The number of carbonyl (C=O) groups is 1. The number of hydrazine groups is 1. The number of aromatic nitrogens is 1. The fraction of sp³-hybridized carbons (Fsp3) is 0.250. The van der Waals surface area contributed by atoms with Crippen molar-refractivity contribution in [1.82, 2.24) is 15.0 Å². The highest BCUT2D eigenvalue weighted by molar-refractivity contribution is 6.31. The third-order valence-corrected chi connectivity index (χ3v) is 5.39. The molecule has 1 saturated carbocycles. The molecule has 1 N–H and O–H groups in total. The van der Waals surface area contributed by atoms with E-state index < -0.39 is 5.92 Å². The number of nitrogens with one attached hydrogen (secondary N) is 1. The first-order chi connectivity index (χ1) is 13.2. The van der Waals surface area contributed by atoms with Gasteiger partial charge in [0.05, 0.1) is 11.7 Å². The van der Waals surface area contributed by atoms with Crippen molar-refractivity contribution in [2.75, 3.05) is 5.32 Å². The molecule has 3 aliphatic rings. The van der Waals surface area contributed by atoms with E-state index in [1.807, 2.05) is 52.6 Å². The zero-order valence-corrected chi connectivity index (χ0v) is 15.3. The molecule has 3 heterocycles. The number of aliphatic imine (C=N–C) groups is 1. The molecule has 136 valence electrons. The smallest absolute Gasteiger partial charge is 0.253 e. The van der Waals surface area contributed by atoms with E-state index in [0.717, 1.165) is 29.8 Å². The number of allylic oxidation sites excluding steroid dienone is 1. The molecule has 1 aromatic heterocycles. The third kappa shape index (κ3) is 2.86. The number of amides is 1. The van der Waals surface area contributed by atoms with Gasteiger partial charge in [-0.3, -0.25) is 19.8 Å². The van der Waals surface area contributed by atoms with Gasteiger partial charge in [-0.2, -0.15) is 0 Å². The Morgan fingerprint density at radius 1 is 1.11 bits per heavy atom. The lowest BCUT2D eigenvalue weighted by Gasteiger charge is -2.32. The molecule has 7 heteroatoms. The Balaban J connectivity index is 1.49. The van der Waals surface area contributed by atoms with E-state index in [-0.39, 0.29) is 18.1 Å². The summed E-state index contributed by atoms with van der Waals surface area (Å²) in [5, 5.41) is 7.76. The van der Waals surface area contributed by atoms with Crippen molar-refractivity contribution < 1.29 is 4.79 Å². The number of nitrogens with zero attached hydrogens (tertiary/aromatic N) is 4. The fourth-order valence-corrected chi connectivity index (χ4v) is 3.92. The number of carbonyl (C=O) groups excluding carboxylic acids is 1. The second kappa shape index (κ2) is 6.39. The molecule has 6 nitrogen and oxygen atoms in total. The summed E-state index contributed by atoms with van der Waals surface area (Å²) in [6.45, 7) is 0. The molecule has 1 aromatic carbocycles. The summed E-state index contributed by atoms with van der Waals surface area (Å²) in [6, 6.07) is 11.6. The van der Waals surface area contributed by atoms with Gasteiger partial charge in [0, 0.05) is 35.5 Å². The number of pyridine rings is 1. The quantitative estimate of drug-likeness (QED) is 0.884. The number of fused-ring (bicyclic) bond motifs is 1. The highest BCUT2D eigenvalue weighted by Crippen LogP contribution is 2.44. The van der Waals surface area contributed by atoms with Gasteiger partial charge >= 0.3 is 0 Å². The van der Waals surface area contributed by atoms with Gasteiger partial charge in [0.15, 0.2) is 6.17 Å². The van der Waals surface area contributed by atoms with Crippen molar-refractivity contribution in [2.24, 2.45) is 4.99 Å². The maximum Gasteiger partial charge on any atom is 0.253 e. The molecule has 2 aliphatic heterocycles. The lowest BCUT2D eigenvalue weighted by Crippen LogP contribution is -2.41. The van der Waals surface area contributed by atoms with Crippen LogP contribution in [0.2, 0.25) is 5.02 Å². The van der Waals surface area contributed by atoms with Crippen molar-refractivity contribution in [3.63, 3.8) is 0 Å². The van der Waals surface area contributed by atoms with Crippen LogP contribution in [-0.4, -0.2) is 39.3 Å². The molecule has 27 heavy (non-hydrogen) atoms. The minimum absolute atomic E-state index is 0.0640. The van der Waals surface area contributed by atoms with E-state index in [0.29, 0.717) is 5.02 Å². The minimum Gasteiger partial charge on any atom is -0.353 e. The van der Waals surface area contributed by atoms with Crippen molar-refractivity contribution in [2.45, 2.75) is 31.0 Å². The monoisotopic (exact) mass is 379 g/mol. The average Bonchev–Trinajstić information content (AvgIpc) is 3.47. The van der Waals surface area contributed by atoms with Crippen LogP contribution in [0.5, 0.6) is 0 Å². The van der Waals surface area contributed by atoms with Crippen molar-refractivity contribution in [3.05, 3.63) is 71.3 Å². The van der Waals surface area contributed by atoms with E-state index in [2.05, 4.69) is 10.3 Å². The first-order valence-electron chi connectivity index (χ1n) is 9.00. The highest BCUT2D eigenvalue weighted by atomic mass is 35.5. The van der Waals surface area contributed by atoms with Crippen LogP contribution in [0.4, 0.5) is 5.69 Å². The second-order valence-corrected chi connectivity index (χ2v) is 7.34. The summed E-state index contributed by atoms with van der Waals surface area (Å²) in [7, 11) is 0. The molecule has 0 radical (unpaired) electrons. The summed E-state index contributed by atoms with van der Waals surface area (Å²) in [6.07, 6.45) is 8.95. The predicted molar refractivity (Wildman–Crippen MR) is 104 cm³/mol. The Morgan fingerprint density at radius 2 is 1.89 bits per heavy atom. The number of rotatable bonds is 4. The molecule has 5 rings (SSSR count). The third-order valence-electron chi connectivity index (χ3n) is 5.05. The standard InChI is InChI=1S/C20H18ClN5O/c21-17-4-2-1-3-16(17)18-19-23-11-14(24-13-7-9-22-10-8-13)12-25(19)26(20(18)27)15-5-6-15/h1-4,7-12,15,18-19H,5-6H2,(H,22,24). The van der Waals surface area contributed by atoms with E-state index in [4.69, 9.17) is 16.6 Å². The van der Waals surface area contributed by atoms with E-state index in [1.165, 1.54) is 0 Å². The second-order valence-electron chi connectivity index (χ2n) is 6.93. The average molecular weight is 380 g/mol. The summed E-state index contributed by atoms with van der Waals surface area (Å²) in [5.41, 5.74) is 2.58. The normalized spacial score (nSPS) is 24.0. The van der Waals surface area contributed by atoms with Crippen molar-refractivity contribution in [1.29, 1.82) is 0 Å². The molecular weight excluding hydrogens is 362 g/mol. The van der Waals surface area contributed by atoms with Gasteiger partial charge in [0.1, 0.15) is 5.92 Å². The first kappa shape index (κ1) is 16.3. The van der Waals surface area contributed by atoms with Gasteiger partial charge in [0.2, 0.25) is 0 Å². The van der Waals surface area contributed by atoms with Crippen LogP contribution >= 0.6 is 11.6 Å². The summed E-state index contributed by atoms with van der Waals surface area (Å²) in [4.78, 5) is 22.0. The number of benzene rings is 1. The Hall–Kier alpha value is -2.86. The zero-order valence-electron chi connectivity index (χ0n) is 14.5. The summed E-state index contributed by atoms with van der Waals surface area (Å²) < 4.78 is 0. The van der Waals surface area contributed by atoms with Crippen LogP contribution in [0.15, 0.2) is 65.7 Å². The number of hydrogen-bond acceptors (Lipinski definition) is 5. The molecule has 1 saturated heterocycles. The number of halogens is 1. The summed E-state index contributed by atoms with van der Waals surface area (Å²) in [5.74, 6) is -0.330. The molecule has 2 atom stereocenters. The molecule has 2 fully saturated rings. The lowest BCUT2D eigenvalue weighted by molar-refractivity contribution is -0.137. The zero-order chi connectivity index (χ0) is 18.4. The van der Waals surface area contributed by atoms with Gasteiger partial charge < -0.3 is 5.32 Å². The lowest BCUT2D eigenvalue weighted by atomic mass is 9.96. The molecule has 1 aliphatic carbocycles. The van der Waals surface area contributed by atoms with Crippen LogP contribution < -0.4 is 5.32 Å². The van der Waals surface area contributed by atoms with Crippen LogP contribution in [0.1, 0.15) is 24.3 Å². The van der Waals surface area contributed by atoms with Crippen LogP contribution in [0.25, 0.3) is 0 Å². The van der Waals surface area contributed by atoms with E-state index >= 15 is 0 Å². The Morgan fingerprint density at radius 3 is 2.63 bits per heavy atom. The molecule has 2 unspecified atom stereocenters. The number of anilines is 1. The van der Waals surface area contributed by atoms with Crippen molar-refractivity contribution in [3.8, 4) is 0 Å². The number of hydrogen-bond donors (Lipinski definition) is 1. The maximum atomic E-state index is 13.3. The first-order valence-corrected chi connectivity index (χ1v) is 9.38. The fourth-order valence-electron chi connectivity index (χ4n) is 3.66. The predicted octanol–water partition coefficient (Wildman–Crippen LogP) is 3.40. The van der Waals surface area contributed by atoms with Gasteiger partial charge in [0.25, 0.3) is 5.91 Å². The van der Waals surface area contributed by atoms with Gasteiger partial charge in [-0.25, -0.2) is 5.01 Å². The van der Waals surface area contributed by atoms with Gasteiger partial charge in [-0.05, 0) is 36.6 Å². The SMILES string of the molecule is O=C1C(c2ccccc2Cl)C2N=CC(Nc3ccncc3)=CN2N1C1CC1. The topological polar surface area (TPSA) is 60.8 Å². The van der Waals surface area contributed by atoms with Crippen LogP contribution in [-0.2, 0) is 4.79 Å². The Bertz CT molecular complexity index is 940. The molecule has 0 spiro atoms. The van der Waals surface area contributed by atoms with Crippen LogP contribution in [0.3, 0.4) is 0 Å². The molecule has 1 amide bonds. The Kier molecular flexibility index (Phi) is 3.86. The minimum atomic E-state index is -0.394. The van der Waals surface area contributed by atoms with Crippen LogP contribution in [0, 0.1) is 0 Å². The highest BCUT2D eigenvalue weighted by Gasteiger charge is 2.52. The van der Waals surface area contributed by atoms with Gasteiger partial charge in [-0.15, -0.1) is 0 Å².